The van der Waals surface area contributed by atoms with Gasteiger partial charge in [0.2, 0.25) is 6.29 Å². The molecule has 0 bridgehead atoms. The van der Waals surface area contributed by atoms with E-state index in [0.717, 1.165) is 65.9 Å². The maximum atomic E-state index is 15.6. The average molecular weight is 862 g/mol. The number of methoxy groups -OCH3 is 1. The lowest BCUT2D eigenvalue weighted by molar-refractivity contribution is -0.301. The molecular weight excluding hydrogens is 819 g/mol. The third kappa shape index (κ3) is 13.1. The number of carbonyl (C=O) groups excluding carboxylic acids is 5. The molecule has 1 aliphatic heterocycles. The predicted octanol–water partition coefficient (Wildman–Crippen LogP) is 0.154. The molecule has 5 N–H and O–H groups in total. The van der Waals surface area contributed by atoms with Gasteiger partial charge in [-0.05, 0) is 0 Å². The summed E-state index contributed by atoms with van der Waals surface area (Å²) >= 11 is 0. The molecule has 28 heteroatoms. The molecule has 0 aromatic carbocycles. The number of hydrogen-bond donors (Lipinski definition) is 4. The summed E-state index contributed by atoms with van der Waals surface area (Å²) < 4.78 is 93.5. The minimum absolute atomic E-state index is 0.0110. The molecule has 0 radical (unpaired) electrons. The fourth-order valence-corrected chi connectivity index (χ4v) is 7.61. The lowest BCUT2D eigenvalue weighted by Gasteiger charge is -2.45. The van der Waals surface area contributed by atoms with E-state index >= 15 is 4.39 Å². The van der Waals surface area contributed by atoms with E-state index in [1.54, 1.807) is 0 Å². The van der Waals surface area contributed by atoms with E-state index in [-0.39, 0.29) is 17.0 Å². The zero-order valence-electron chi connectivity index (χ0n) is 31.3. The fourth-order valence-electron chi connectivity index (χ4n) is 5.37. The molecule has 1 fully saturated rings. The van der Waals surface area contributed by atoms with Crippen LogP contribution in [0.5, 0.6) is 0 Å². The first-order valence-corrected chi connectivity index (χ1v) is 19.4. The van der Waals surface area contributed by atoms with Gasteiger partial charge in [0.05, 0.1) is 12.9 Å². The number of aromatic nitrogens is 4. The molecule has 57 heavy (non-hydrogen) atoms. The summed E-state index contributed by atoms with van der Waals surface area (Å²) in [6.45, 7) is 3.81. The molecular formula is C29H42FN5O20P2. The normalized spacial score (nSPS) is 24.4. The maximum Gasteiger partial charge on any atom is 0.483 e. The summed E-state index contributed by atoms with van der Waals surface area (Å²) in [5.41, 5.74) is 5.97. The Kier molecular flexibility index (Phi) is 16.5. The molecule has 0 spiro atoms. The van der Waals surface area contributed by atoms with Gasteiger partial charge in [-0.1, -0.05) is 6.92 Å². The SMILES string of the molecule is COC(C(O)C(F)C(C)COP(=O)(O)OP(=O)(O)OC1OC([C@@H](COC(C)=O)OC(C)=O)C(OC(C)=O)C(OC(C)=O)C1OC(C)=O)n1cnc2c(N)ncnc21. The summed E-state index contributed by atoms with van der Waals surface area (Å²) in [5.74, 6) is -6.68. The zero-order valence-corrected chi connectivity index (χ0v) is 33.1. The number of nitrogens with two attached hydrogens (primary N) is 1. The molecule has 2 aromatic heterocycles. The number of ether oxygens (including phenoxy) is 7. The Morgan fingerprint density at radius 3 is 2.05 bits per heavy atom. The van der Waals surface area contributed by atoms with Gasteiger partial charge < -0.3 is 53.8 Å². The highest BCUT2D eigenvalue weighted by atomic mass is 31.3. The van der Waals surface area contributed by atoms with Crippen molar-refractivity contribution in [1.82, 2.24) is 19.5 Å². The Bertz CT molecular complexity index is 1870. The molecule has 25 nitrogen and oxygen atoms in total. The quantitative estimate of drug-likeness (QED) is 0.0830. The van der Waals surface area contributed by atoms with Crippen LogP contribution in [0.3, 0.4) is 0 Å². The molecule has 1 aliphatic rings. The van der Waals surface area contributed by atoms with Gasteiger partial charge in [0.15, 0.2) is 42.1 Å². The van der Waals surface area contributed by atoms with Crippen molar-refractivity contribution in [3.8, 4) is 0 Å². The van der Waals surface area contributed by atoms with Crippen molar-refractivity contribution in [2.75, 3.05) is 26.1 Å². The molecule has 11 unspecified atom stereocenters. The smallest absolute Gasteiger partial charge is 0.462 e. The number of imidazole rings is 1. The first-order valence-electron chi connectivity index (χ1n) is 16.4. The third-order valence-corrected chi connectivity index (χ3v) is 10.2. The second kappa shape index (κ2) is 20.0. The molecule has 3 heterocycles. The van der Waals surface area contributed by atoms with Crippen LogP contribution in [0.1, 0.15) is 47.8 Å². The number of phosphoric ester groups is 2. The number of esters is 5. The van der Waals surface area contributed by atoms with Crippen LogP contribution >= 0.6 is 15.6 Å². The van der Waals surface area contributed by atoms with Gasteiger partial charge in [-0.2, -0.15) is 4.31 Å². The van der Waals surface area contributed by atoms with Crippen LogP contribution in [0.4, 0.5) is 10.2 Å². The van der Waals surface area contributed by atoms with Gasteiger partial charge in [-0.15, -0.1) is 0 Å². The van der Waals surface area contributed by atoms with Crippen molar-refractivity contribution in [3.05, 3.63) is 12.7 Å². The largest absolute Gasteiger partial charge is 0.483 e. The van der Waals surface area contributed by atoms with E-state index in [4.69, 9.17) is 47.9 Å². The molecule has 0 aliphatic carbocycles. The number of halogens is 1. The van der Waals surface area contributed by atoms with Crippen LogP contribution in [0.2, 0.25) is 0 Å². The Morgan fingerprint density at radius 1 is 0.895 bits per heavy atom. The zero-order chi connectivity index (χ0) is 43.0. The van der Waals surface area contributed by atoms with Gasteiger partial charge in [-0.3, -0.25) is 37.6 Å². The third-order valence-electron chi connectivity index (χ3n) is 7.58. The van der Waals surface area contributed by atoms with E-state index in [9.17, 15) is 48.0 Å². The standard InChI is InChI=1S/C29H42FN5O20P2/c1-12(19(30)21(41)28(46-7)35-11-34-20-26(31)32-10-33-27(20)35)8-48-56(42,43)55-57(44,45)54-29-25(52-17(6)40)24(51-16(5)39)23(50-15(4)38)22(53-29)18(49-14(3)37)9-47-13(2)36/h10-12,18-19,21-25,28-29,41H,8-9H2,1-7H3,(H,42,43)(H,44,45)(H2,31,32,33)/t12?,18-,19?,21?,22?,23?,24?,25?,28?,29?/m1/s1. The summed E-state index contributed by atoms with van der Waals surface area (Å²) in [6, 6.07) is 0. The monoisotopic (exact) mass is 861 g/mol. The number of phosphoric acid groups is 2. The number of nitrogen functional groups attached to an aromatic ring is 1. The minimum atomic E-state index is -5.96. The van der Waals surface area contributed by atoms with Crippen molar-refractivity contribution in [2.24, 2.45) is 5.92 Å². The average Bonchev–Trinajstić information content (AvgIpc) is 3.51. The van der Waals surface area contributed by atoms with Gasteiger partial charge >= 0.3 is 45.5 Å². The Morgan fingerprint density at radius 2 is 1.49 bits per heavy atom. The number of fused-ring (bicyclic) bond motifs is 1. The summed E-state index contributed by atoms with van der Waals surface area (Å²) in [7, 11) is -10.5. The highest BCUT2D eigenvalue weighted by Crippen LogP contribution is 2.61. The fraction of sp³-hybridized carbons (Fsp3) is 0.655. The van der Waals surface area contributed by atoms with Crippen molar-refractivity contribution >= 4 is 62.5 Å². The molecule has 3 rings (SSSR count). The lowest BCUT2D eigenvalue weighted by atomic mass is 9.94. The minimum Gasteiger partial charge on any atom is -0.462 e. The van der Waals surface area contributed by atoms with Crippen LogP contribution in [-0.2, 0) is 79.6 Å². The van der Waals surface area contributed by atoms with Gasteiger partial charge in [0.25, 0.3) is 0 Å². The maximum absolute atomic E-state index is 15.6. The summed E-state index contributed by atoms with van der Waals surface area (Å²) in [4.78, 5) is 93.0. The number of aliphatic hydroxyl groups excluding tert-OH is 1. The summed E-state index contributed by atoms with van der Waals surface area (Å²) in [6.07, 6.45) is -15.6. The topological polar surface area (TPSA) is 342 Å². The van der Waals surface area contributed by atoms with E-state index in [1.165, 1.54) is 0 Å². The van der Waals surface area contributed by atoms with Crippen LogP contribution < -0.4 is 5.73 Å². The van der Waals surface area contributed by atoms with E-state index < -0.39 is 120 Å². The summed E-state index contributed by atoms with van der Waals surface area (Å²) in [5, 5.41) is 10.8. The molecule has 0 amide bonds. The molecule has 320 valence electrons. The van der Waals surface area contributed by atoms with Crippen LogP contribution in [0.15, 0.2) is 12.7 Å². The van der Waals surface area contributed by atoms with E-state index in [2.05, 4.69) is 19.3 Å². The molecule has 2 aromatic rings. The number of carbonyl (C=O) groups is 5. The second-order valence-corrected chi connectivity index (χ2v) is 15.2. The van der Waals surface area contributed by atoms with Crippen molar-refractivity contribution in [1.29, 1.82) is 0 Å². The number of aliphatic hydroxyl groups is 1. The van der Waals surface area contributed by atoms with E-state index in [0.29, 0.717) is 0 Å². The second-order valence-electron chi connectivity index (χ2n) is 12.2. The number of nitrogens with zero attached hydrogens (tertiary/aromatic N) is 4. The van der Waals surface area contributed by atoms with Crippen molar-refractivity contribution in [2.45, 2.75) is 96.9 Å². The predicted molar refractivity (Wildman–Crippen MR) is 181 cm³/mol. The van der Waals surface area contributed by atoms with Gasteiger partial charge in [0.1, 0.15) is 36.8 Å². The number of rotatable bonds is 19. The first kappa shape index (κ1) is 47.1. The Hall–Kier alpha value is -4.23. The van der Waals surface area contributed by atoms with Crippen LogP contribution in [0, 0.1) is 5.92 Å². The van der Waals surface area contributed by atoms with Gasteiger partial charge in [-0.25, -0.2) is 28.5 Å². The van der Waals surface area contributed by atoms with E-state index in [1.807, 2.05) is 0 Å². The lowest BCUT2D eigenvalue weighted by Crippen LogP contribution is -2.65. The van der Waals surface area contributed by atoms with Crippen LogP contribution in [0.25, 0.3) is 11.2 Å². The van der Waals surface area contributed by atoms with Crippen LogP contribution in [-0.4, -0.2) is 134 Å². The Labute approximate surface area is 322 Å². The van der Waals surface area contributed by atoms with Gasteiger partial charge in [0, 0.05) is 47.6 Å². The number of anilines is 1. The van der Waals surface area contributed by atoms with Crippen molar-refractivity contribution < 1.29 is 98.9 Å². The Balaban J connectivity index is 1.86. The molecule has 12 atom stereocenters. The highest BCUT2D eigenvalue weighted by Gasteiger charge is 2.57. The first-order chi connectivity index (χ1) is 26.5. The molecule has 0 saturated carbocycles. The van der Waals surface area contributed by atoms with Crippen molar-refractivity contribution in [3.63, 3.8) is 0 Å². The number of hydrogen-bond acceptors (Lipinski definition) is 22. The number of alkyl halides is 1. The highest BCUT2D eigenvalue weighted by molar-refractivity contribution is 7.61. The molecule has 1 saturated heterocycles.